The van der Waals surface area contributed by atoms with Crippen LogP contribution in [-0.2, 0) is 4.79 Å². The van der Waals surface area contributed by atoms with Crippen LogP contribution in [-0.4, -0.2) is 16.9 Å². The van der Waals surface area contributed by atoms with Crippen molar-refractivity contribution in [3.05, 3.63) is 36.5 Å². The highest BCUT2D eigenvalue weighted by Gasteiger charge is 2.17. The highest BCUT2D eigenvalue weighted by molar-refractivity contribution is 5.96. The quantitative estimate of drug-likeness (QED) is 0.914. The van der Waals surface area contributed by atoms with E-state index in [1.165, 1.54) is 0 Å². The van der Waals surface area contributed by atoms with E-state index in [4.69, 9.17) is 5.73 Å². The first-order chi connectivity index (χ1) is 8.58. The van der Waals surface area contributed by atoms with Crippen molar-refractivity contribution in [3.63, 3.8) is 0 Å². The molecule has 4 nitrogen and oxygen atoms in total. The molecule has 0 bridgehead atoms. The number of rotatable bonds is 3. The summed E-state index contributed by atoms with van der Waals surface area (Å²) in [6.07, 6.45) is 1.65. The van der Waals surface area contributed by atoms with Crippen LogP contribution in [0, 0.1) is 5.92 Å². The maximum absolute atomic E-state index is 11.8. The number of para-hydroxylation sites is 1. The Hall–Kier alpha value is -1.36. The van der Waals surface area contributed by atoms with E-state index in [9.17, 15) is 4.79 Å². The fourth-order valence-corrected chi connectivity index (χ4v) is 1.67. The molecule has 0 aliphatic carbocycles. The van der Waals surface area contributed by atoms with Gasteiger partial charge < -0.3 is 11.1 Å². The number of aromatic nitrogens is 1. The van der Waals surface area contributed by atoms with Gasteiger partial charge in [0, 0.05) is 5.39 Å². The molecule has 0 aliphatic heterocycles. The van der Waals surface area contributed by atoms with Gasteiger partial charge in [0.1, 0.15) is 0 Å². The Kier molecular flexibility index (Phi) is 7.50. The minimum absolute atomic E-state index is 0. The first-order valence-electron chi connectivity index (χ1n) is 5.99. The van der Waals surface area contributed by atoms with E-state index in [2.05, 4.69) is 10.3 Å². The second-order valence-electron chi connectivity index (χ2n) is 4.68. The second kappa shape index (κ2) is 8.04. The number of nitrogens with two attached hydrogens (primary N) is 1. The van der Waals surface area contributed by atoms with Gasteiger partial charge in [-0.05, 0) is 18.1 Å². The first-order valence-corrected chi connectivity index (χ1v) is 5.99. The van der Waals surface area contributed by atoms with Crippen molar-refractivity contribution < 1.29 is 4.79 Å². The Morgan fingerprint density at radius 1 is 1.25 bits per heavy atom. The largest absolute Gasteiger partial charge is 0.323 e. The van der Waals surface area contributed by atoms with Crippen LogP contribution in [0.3, 0.4) is 0 Å². The van der Waals surface area contributed by atoms with Crippen molar-refractivity contribution in [1.29, 1.82) is 0 Å². The molecular formula is C14H19Cl2N3O. The highest BCUT2D eigenvalue weighted by atomic mass is 35.5. The monoisotopic (exact) mass is 315 g/mol. The van der Waals surface area contributed by atoms with Gasteiger partial charge in [0.25, 0.3) is 0 Å². The van der Waals surface area contributed by atoms with Gasteiger partial charge >= 0.3 is 0 Å². The number of fused-ring (bicyclic) bond motifs is 1. The van der Waals surface area contributed by atoms with Gasteiger partial charge in [-0.15, -0.1) is 24.8 Å². The Morgan fingerprint density at radius 3 is 2.55 bits per heavy atom. The maximum Gasteiger partial charge on any atom is 0.241 e. The van der Waals surface area contributed by atoms with Crippen molar-refractivity contribution >= 4 is 47.3 Å². The third-order valence-electron chi connectivity index (χ3n) is 2.88. The predicted molar refractivity (Wildman–Crippen MR) is 87.7 cm³/mol. The van der Waals surface area contributed by atoms with Crippen molar-refractivity contribution in [2.45, 2.75) is 19.9 Å². The summed E-state index contributed by atoms with van der Waals surface area (Å²) >= 11 is 0. The summed E-state index contributed by atoms with van der Waals surface area (Å²) in [5.74, 6) is -0.0690. The summed E-state index contributed by atoms with van der Waals surface area (Å²) in [5.41, 5.74) is 7.37. The molecule has 0 saturated carbocycles. The summed E-state index contributed by atoms with van der Waals surface area (Å²) in [4.78, 5) is 16.1. The van der Waals surface area contributed by atoms with Crippen LogP contribution in [0.4, 0.5) is 5.69 Å². The molecule has 1 atom stereocenters. The van der Waals surface area contributed by atoms with E-state index in [-0.39, 0.29) is 36.6 Å². The molecule has 0 fully saturated rings. The lowest BCUT2D eigenvalue weighted by Gasteiger charge is -2.15. The minimum Gasteiger partial charge on any atom is -0.323 e. The summed E-state index contributed by atoms with van der Waals surface area (Å²) in [6.45, 7) is 3.84. The minimum atomic E-state index is -0.503. The van der Waals surface area contributed by atoms with Crippen LogP contribution < -0.4 is 11.1 Å². The van der Waals surface area contributed by atoms with Gasteiger partial charge in [-0.25, -0.2) is 0 Å². The fourth-order valence-electron chi connectivity index (χ4n) is 1.67. The number of carbonyl (C=O) groups excluding carboxylic acids is 1. The Labute approximate surface area is 131 Å². The highest BCUT2D eigenvalue weighted by Crippen LogP contribution is 2.16. The van der Waals surface area contributed by atoms with Gasteiger partial charge in [-0.2, -0.15) is 0 Å². The Bertz CT molecular complexity index is 575. The number of benzene rings is 1. The number of halogens is 2. The van der Waals surface area contributed by atoms with Gasteiger partial charge in [0.2, 0.25) is 5.91 Å². The van der Waals surface area contributed by atoms with Crippen LogP contribution in [0.15, 0.2) is 36.5 Å². The van der Waals surface area contributed by atoms with Gasteiger partial charge in [-0.1, -0.05) is 32.0 Å². The molecule has 6 heteroatoms. The number of hydrogen-bond donors (Lipinski definition) is 2. The molecule has 110 valence electrons. The normalized spacial score (nSPS) is 11.4. The molecule has 1 amide bonds. The SMILES string of the molecule is CC(C)[C@@H](N)C(=O)Nc1cnc2ccccc2c1.Cl.Cl. The fraction of sp³-hybridized carbons (Fsp3) is 0.286. The summed E-state index contributed by atoms with van der Waals surface area (Å²) < 4.78 is 0. The lowest BCUT2D eigenvalue weighted by atomic mass is 10.0. The number of hydrogen-bond acceptors (Lipinski definition) is 3. The van der Waals surface area contributed by atoms with Crippen LogP contribution in [0.2, 0.25) is 0 Å². The lowest BCUT2D eigenvalue weighted by Crippen LogP contribution is -2.39. The average Bonchev–Trinajstić information content (AvgIpc) is 2.37. The van der Waals surface area contributed by atoms with Crippen molar-refractivity contribution in [3.8, 4) is 0 Å². The molecule has 1 aromatic carbocycles. The number of pyridine rings is 1. The summed E-state index contributed by atoms with van der Waals surface area (Å²) in [6, 6.07) is 9.16. The predicted octanol–water partition coefficient (Wildman–Crippen LogP) is 3.00. The number of carbonyl (C=O) groups is 1. The number of amides is 1. The molecule has 0 spiro atoms. The van der Waals surface area contributed by atoms with Crippen LogP contribution >= 0.6 is 24.8 Å². The van der Waals surface area contributed by atoms with E-state index >= 15 is 0 Å². The van der Waals surface area contributed by atoms with Crippen LogP contribution in [0.1, 0.15) is 13.8 Å². The van der Waals surface area contributed by atoms with E-state index < -0.39 is 6.04 Å². The van der Waals surface area contributed by atoms with Crippen LogP contribution in [0.25, 0.3) is 10.9 Å². The van der Waals surface area contributed by atoms with E-state index in [0.717, 1.165) is 10.9 Å². The molecule has 3 N–H and O–H groups in total. The van der Waals surface area contributed by atoms with Crippen molar-refractivity contribution in [1.82, 2.24) is 4.98 Å². The zero-order valence-corrected chi connectivity index (χ0v) is 13.0. The van der Waals surface area contributed by atoms with Crippen LogP contribution in [0.5, 0.6) is 0 Å². The Balaban J connectivity index is 0.00000180. The molecule has 2 aromatic rings. The van der Waals surface area contributed by atoms with E-state index in [0.29, 0.717) is 5.69 Å². The Morgan fingerprint density at radius 2 is 1.90 bits per heavy atom. The third kappa shape index (κ3) is 4.34. The van der Waals surface area contributed by atoms with E-state index in [1.807, 2.05) is 44.2 Å². The van der Waals surface area contributed by atoms with Crippen molar-refractivity contribution in [2.24, 2.45) is 11.7 Å². The third-order valence-corrected chi connectivity index (χ3v) is 2.88. The molecule has 1 heterocycles. The molecule has 0 saturated heterocycles. The molecule has 2 rings (SSSR count). The average molecular weight is 316 g/mol. The number of nitrogens with zero attached hydrogens (tertiary/aromatic N) is 1. The van der Waals surface area contributed by atoms with Gasteiger partial charge in [0.05, 0.1) is 23.4 Å². The smallest absolute Gasteiger partial charge is 0.241 e. The number of anilines is 1. The zero-order chi connectivity index (χ0) is 13.1. The standard InChI is InChI=1S/C14H17N3O.2ClH/c1-9(2)13(15)14(18)17-11-7-10-5-3-4-6-12(10)16-8-11;;/h3-9,13H,15H2,1-2H3,(H,17,18);2*1H/t13-;;/m1../s1. The topological polar surface area (TPSA) is 68.0 Å². The number of nitrogens with one attached hydrogen (secondary N) is 1. The summed E-state index contributed by atoms with van der Waals surface area (Å²) in [5, 5.41) is 3.78. The lowest BCUT2D eigenvalue weighted by molar-refractivity contribution is -0.118. The molecule has 0 aliphatic rings. The maximum atomic E-state index is 11.8. The first kappa shape index (κ1) is 18.6. The van der Waals surface area contributed by atoms with E-state index in [1.54, 1.807) is 6.20 Å². The zero-order valence-electron chi connectivity index (χ0n) is 11.4. The van der Waals surface area contributed by atoms with Gasteiger partial charge in [0.15, 0.2) is 0 Å². The van der Waals surface area contributed by atoms with Crippen molar-refractivity contribution in [2.75, 3.05) is 5.32 Å². The molecule has 1 aromatic heterocycles. The second-order valence-corrected chi connectivity index (χ2v) is 4.68. The summed E-state index contributed by atoms with van der Waals surface area (Å²) in [7, 11) is 0. The molecule has 20 heavy (non-hydrogen) atoms. The molecule has 0 radical (unpaired) electrons. The van der Waals surface area contributed by atoms with Gasteiger partial charge in [-0.3, -0.25) is 9.78 Å². The molecule has 0 unspecified atom stereocenters. The molecular weight excluding hydrogens is 297 g/mol.